The first-order valence-electron chi connectivity index (χ1n) is 5.54. The van der Waals surface area contributed by atoms with E-state index in [4.69, 9.17) is 10.9 Å². The van der Waals surface area contributed by atoms with Crippen LogP contribution in [0.25, 0.3) is 0 Å². The van der Waals surface area contributed by atoms with E-state index in [0.29, 0.717) is 10.1 Å². The molecule has 0 atom stereocenters. The van der Waals surface area contributed by atoms with Crippen LogP contribution < -0.4 is 5.73 Å². The lowest BCUT2D eigenvalue weighted by molar-refractivity contribution is -0.137. The zero-order chi connectivity index (χ0) is 15.6. The molecule has 0 unspecified atom stereocenters. The molecule has 2 aromatic rings. The van der Waals surface area contributed by atoms with Gasteiger partial charge < -0.3 is 10.9 Å². The number of hydrogen-bond acceptors (Lipinski definition) is 5. The third-order valence-corrected chi connectivity index (χ3v) is 3.60. The highest BCUT2D eigenvalue weighted by Crippen LogP contribution is 2.36. The lowest BCUT2D eigenvalue weighted by Gasteiger charge is -2.13. The number of nitrogens with two attached hydrogens (primary N) is 1. The van der Waals surface area contributed by atoms with Crippen LogP contribution in [0.1, 0.15) is 11.1 Å². The third-order valence-electron chi connectivity index (χ3n) is 2.56. The summed E-state index contributed by atoms with van der Waals surface area (Å²) in [7, 11) is 1.63. The van der Waals surface area contributed by atoms with Gasteiger partial charge in [-0.3, -0.25) is 0 Å². The van der Waals surface area contributed by atoms with Crippen molar-refractivity contribution in [3.63, 3.8) is 0 Å². The molecule has 112 valence electrons. The van der Waals surface area contributed by atoms with E-state index in [9.17, 15) is 13.2 Å². The second-order valence-corrected chi connectivity index (χ2v) is 5.00. The smallest absolute Gasteiger partial charge is 0.409 e. The lowest BCUT2D eigenvalue weighted by Crippen LogP contribution is -2.20. The van der Waals surface area contributed by atoms with Gasteiger partial charge in [0.2, 0.25) is 0 Å². The summed E-state index contributed by atoms with van der Waals surface area (Å²) in [6.45, 7) is 0. The van der Waals surface area contributed by atoms with E-state index in [1.807, 2.05) is 0 Å². The Hall–Kier alpha value is -2.23. The number of aromatic nitrogens is 3. The summed E-state index contributed by atoms with van der Waals surface area (Å²) >= 11 is 1.03. The molecular weight excluding hydrogens is 307 g/mol. The summed E-state index contributed by atoms with van der Waals surface area (Å²) in [4.78, 5) is 4.23. The van der Waals surface area contributed by atoms with Crippen molar-refractivity contribution in [3.8, 4) is 0 Å². The predicted octanol–water partition coefficient (Wildman–Crippen LogP) is 2.08. The van der Waals surface area contributed by atoms with Crippen molar-refractivity contribution in [2.24, 2.45) is 17.9 Å². The Morgan fingerprint density at radius 3 is 2.67 bits per heavy atom. The monoisotopic (exact) mass is 317 g/mol. The van der Waals surface area contributed by atoms with Gasteiger partial charge in [-0.15, -0.1) is 0 Å². The number of hydrogen-bond donors (Lipinski definition) is 2. The molecule has 0 aliphatic rings. The van der Waals surface area contributed by atoms with Gasteiger partial charge in [0.25, 0.3) is 0 Å². The molecule has 21 heavy (non-hydrogen) atoms. The van der Waals surface area contributed by atoms with E-state index in [2.05, 4.69) is 15.2 Å². The summed E-state index contributed by atoms with van der Waals surface area (Å²) in [6, 6.07) is 3.51. The highest BCUT2D eigenvalue weighted by atomic mass is 32.2. The van der Waals surface area contributed by atoms with Gasteiger partial charge >= 0.3 is 6.18 Å². The normalized spacial score (nSPS) is 12.7. The molecule has 0 spiro atoms. The summed E-state index contributed by atoms with van der Waals surface area (Å²) < 4.78 is 40.6. The van der Waals surface area contributed by atoms with E-state index >= 15 is 0 Å². The van der Waals surface area contributed by atoms with Crippen LogP contribution in [-0.4, -0.2) is 25.8 Å². The fourth-order valence-corrected chi connectivity index (χ4v) is 2.38. The number of aryl methyl sites for hydroxylation is 1. The molecule has 0 saturated carbocycles. The molecular formula is C11H10F3N5OS. The number of oxime groups is 1. The Bertz CT molecular complexity index is 683. The van der Waals surface area contributed by atoms with Crippen molar-refractivity contribution in [1.82, 2.24) is 14.8 Å². The van der Waals surface area contributed by atoms with Gasteiger partial charge in [0.15, 0.2) is 11.0 Å². The summed E-state index contributed by atoms with van der Waals surface area (Å²) in [5, 5.41) is 15.5. The van der Waals surface area contributed by atoms with Gasteiger partial charge in [-0.2, -0.15) is 18.3 Å². The van der Waals surface area contributed by atoms with Crippen LogP contribution in [0.4, 0.5) is 13.2 Å². The predicted molar refractivity (Wildman–Crippen MR) is 69.1 cm³/mol. The third kappa shape index (κ3) is 3.27. The maximum atomic E-state index is 13.0. The minimum absolute atomic E-state index is 0.313. The minimum Gasteiger partial charge on any atom is -0.409 e. The molecule has 2 rings (SSSR count). The standard InChI is InChI=1S/C11H10F3N5OS/c1-19-10(16-5-17-19)21-6-2-3-7(9(15)18-20)8(4-6)11(12,13)14/h2-5,20H,1H3,(H2,15,18). The first kappa shape index (κ1) is 15.2. The fourth-order valence-electron chi connectivity index (χ4n) is 1.58. The molecule has 0 aliphatic carbocycles. The van der Waals surface area contributed by atoms with Crippen molar-refractivity contribution in [1.29, 1.82) is 0 Å². The lowest BCUT2D eigenvalue weighted by atomic mass is 10.1. The molecule has 6 nitrogen and oxygen atoms in total. The van der Waals surface area contributed by atoms with Crippen molar-refractivity contribution in [2.45, 2.75) is 16.2 Å². The first-order chi connectivity index (χ1) is 9.82. The van der Waals surface area contributed by atoms with Crippen molar-refractivity contribution >= 4 is 17.6 Å². The maximum Gasteiger partial charge on any atom is 0.417 e. The van der Waals surface area contributed by atoms with Crippen LogP contribution in [0, 0.1) is 0 Å². The van der Waals surface area contributed by atoms with Gasteiger partial charge in [-0.25, -0.2) is 9.67 Å². The Morgan fingerprint density at radius 1 is 1.43 bits per heavy atom. The second kappa shape index (κ2) is 5.64. The SMILES string of the molecule is Cn1ncnc1Sc1ccc(/C(N)=N/O)c(C(F)(F)F)c1. The number of halogens is 3. The van der Waals surface area contributed by atoms with Gasteiger partial charge in [-0.05, 0) is 18.2 Å². The molecule has 1 aromatic carbocycles. The highest BCUT2D eigenvalue weighted by Gasteiger charge is 2.34. The second-order valence-electron chi connectivity index (χ2n) is 3.96. The molecule has 0 bridgehead atoms. The number of amidine groups is 1. The van der Waals surface area contributed by atoms with E-state index < -0.39 is 17.6 Å². The fraction of sp³-hybridized carbons (Fsp3) is 0.182. The summed E-state index contributed by atoms with van der Waals surface area (Å²) in [6.07, 6.45) is -3.32. The van der Waals surface area contributed by atoms with E-state index in [1.165, 1.54) is 17.1 Å². The van der Waals surface area contributed by atoms with E-state index in [-0.39, 0.29) is 5.56 Å². The number of nitrogens with zero attached hydrogens (tertiary/aromatic N) is 4. The average Bonchev–Trinajstić information content (AvgIpc) is 2.82. The summed E-state index contributed by atoms with van der Waals surface area (Å²) in [5.41, 5.74) is 3.91. The molecule has 0 amide bonds. The van der Waals surface area contributed by atoms with Crippen LogP contribution in [0.3, 0.4) is 0 Å². The van der Waals surface area contributed by atoms with Crippen LogP contribution in [0.5, 0.6) is 0 Å². The minimum atomic E-state index is -4.62. The molecule has 1 heterocycles. The Labute approximate surface area is 121 Å². The van der Waals surface area contributed by atoms with Crippen molar-refractivity contribution < 1.29 is 18.4 Å². The van der Waals surface area contributed by atoms with E-state index in [1.54, 1.807) is 7.05 Å². The van der Waals surface area contributed by atoms with Crippen LogP contribution >= 0.6 is 11.8 Å². The van der Waals surface area contributed by atoms with Crippen molar-refractivity contribution in [2.75, 3.05) is 0 Å². The average molecular weight is 317 g/mol. The zero-order valence-corrected chi connectivity index (χ0v) is 11.5. The topological polar surface area (TPSA) is 89.3 Å². The van der Waals surface area contributed by atoms with Gasteiger partial charge in [-0.1, -0.05) is 16.9 Å². The largest absolute Gasteiger partial charge is 0.417 e. The molecule has 0 radical (unpaired) electrons. The highest BCUT2D eigenvalue weighted by molar-refractivity contribution is 7.99. The Balaban J connectivity index is 2.45. The number of alkyl halides is 3. The number of benzene rings is 1. The first-order valence-corrected chi connectivity index (χ1v) is 6.35. The van der Waals surface area contributed by atoms with E-state index in [0.717, 1.165) is 23.9 Å². The Kier molecular flexibility index (Phi) is 4.07. The van der Waals surface area contributed by atoms with Gasteiger partial charge in [0.1, 0.15) is 6.33 Å². The molecule has 0 fully saturated rings. The molecule has 1 aromatic heterocycles. The molecule has 0 saturated heterocycles. The van der Waals surface area contributed by atoms with Crippen molar-refractivity contribution in [3.05, 3.63) is 35.7 Å². The zero-order valence-electron chi connectivity index (χ0n) is 10.7. The Morgan fingerprint density at radius 2 is 2.14 bits per heavy atom. The van der Waals surface area contributed by atoms with Crippen LogP contribution in [0.15, 0.2) is 39.7 Å². The number of rotatable bonds is 3. The quantitative estimate of drug-likeness (QED) is 0.391. The molecule has 10 heteroatoms. The maximum absolute atomic E-state index is 13.0. The van der Waals surface area contributed by atoms with Crippen LogP contribution in [-0.2, 0) is 13.2 Å². The van der Waals surface area contributed by atoms with Crippen LogP contribution in [0.2, 0.25) is 0 Å². The van der Waals surface area contributed by atoms with Gasteiger partial charge in [0, 0.05) is 17.5 Å². The van der Waals surface area contributed by atoms with Gasteiger partial charge in [0.05, 0.1) is 5.56 Å². The molecule has 0 aliphatic heterocycles. The summed E-state index contributed by atoms with van der Waals surface area (Å²) in [5.74, 6) is -0.600. The molecule has 3 N–H and O–H groups in total.